The van der Waals surface area contributed by atoms with E-state index < -0.39 is 0 Å². The molecule has 21 heavy (non-hydrogen) atoms. The summed E-state index contributed by atoms with van der Waals surface area (Å²) in [5.41, 5.74) is 4.46. The first-order valence-corrected chi connectivity index (χ1v) is 6.87. The van der Waals surface area contributed by atoms with Crippen LogP contribution in [0.4, 0.5) is 0 Å². The molecule has 6 nitrogen and oxygen atoms in total. The molecular formula is C14H11BrN4O2. The molecule has 0 bridgehead atoms. The van der Waals surface area contributed by atoms with E-state index in [0.717, 1.165) is 4.47 Å². The maximum Gasteiger partial charge on any atom is 0.265 e. The number of hydrazine groups is 1. The summed E-state index contributed by atoms with van der Waals surface area (Å²) in [4.78, 5) is 19.0. The number of nitrogens with one attached hydrogen (secondary N) is 2. The Morgan fingerprint density at radius 2 is 2.10 bits per heavy atom. The number of aromatic nitrogens is 2. The SMILES string of the molecule is NNC(=O)c1ccc2nc(-c3cc(Br)ccc3O)[nH]c2c1. The zero-order chi connectivity index (χ0) is 15.0. The van der Waals surface area contributed by atoms with Gasteiger partial charge in [-0.2, -0.15) is 0 Å². The third kappa shape index (κ3) is 2.48. The molecule has 7 heteroatoms. The molecule has 1 amide bonds. The van der Waals surface area contributed by atoms with E-state index in [-0.39, 0.29) is 11.7 Å². The van der Waals surface area contributed by atoms with Crippen LogP contribution in [0.15, 0.2) is 40.9 Å². The first-order chi connectivity index (χ1) is 10.1. The first kappa shape index (κ1) is 13.6. The number of carbonyl (C=O) groups is 1. The van der Waals surface area contributed by atoms with E-state index in [9.17, 15) is 9.90 Å². The van der Waals surface area contributed by atoms with E-state index in [1.165, 1.54) is 0 Å². The molecule has 106 valence electrons. The molecule has 0 fully saturated rings. The Kier molecular flexibility index (Phi) is 3.36. The minimum absolute atomic E-state index is 0.122. The quantitative estimate of drug-likeness (QED) is 0.324. The van der Waals surface area contributed by atoms with Crippen LogP contribution < -0.4 is 11.3 Å². The molecule has 2 aromatic carbocycles. The highest BCUT2D eigenvalue weighted by molar-refractivity contribution is 9.10. The molecule has 0 saturated carbocycles. The van der Waals surface area contributed by atoms with E-state index in [2.05, 4.69) is 31.3 Å². The monoisotopic (exact) mass is 346 g/mol. The zero-order valence-electron chi connectivity index (χ0n) is 10.7. The van der Waals surface area contributed by atoms with Gasteiger partial charge >= 0.3 is 0 Å². The predicted octanol–water partition coefficient (Wildman–Crippen LogP) is 2.30. The van der Waals surface area contributed by atoms with Crippen molar-refractivity contribution in [3.05, 3.63) is 46.4 Å². The van der Waals surface area contributed by atoms with Crippen LogP contribution in [-0.4, -0.2) is 21.0 Å². The summed E-state index contributed by atoms with van der Waals surface area (Å²) in [5.74, 6) is 5.39. The van der Waals surface area contributed by atoms with Gasteiger partial charge in [0.1, 0.15) is 11.6 Å². The second-order valence-corrected chi connectivity index (χ2v) is 5.37. The number of aromatic hydroxyl groups is 1. The van der Waals surface area contributed by atoms with Gasteiger partial charge in [0.2, 0.25) is 0 Å². The second kappa shape index (κ2) is 5.19. The second-order valence-electron chi connectivity index (χ2n) is 4.45. The Labute approximate surface area is 128 Å². The van der Waals surface area contributed by atoms with Crippen LogP contribution >= 0.6 is 15.9 Å². The average molecular weight is 347 g/mol. The van der Waals surface area contributed by atoms with Crippen LogP contribution in [0.25, 0.3) is 22.4 Å². The van der Waals surface area contributed by atoms with Crippen molar-refractivity contribution < 1.29 is 9.90 Å². The van der Waals surface area contributed by atoms with Crippen molar-refractivity contribution in [3.63, 3.8) is 0 Å². The molecule has 0 aliphatic carbocycles. The summed E-state index contributed by atoms with van der Waals surface area (Å²) >= 11 is 3.36. The highest BCUT2D eigenvalue weighted by atomic mass is 79.9. The summed E-state index contributed by atoms with van der Waals surface area (Å²) < 4.78 is 0.832. The third-order valence-electron chi connectivity index (χ3n) is 3.09. The zero-order valence-corrected chi connectivity index (χ0v) is 12.3. The van der Waals surface area contributed by atoms with Gasteiger partial charge in [-0.1, -0.05) is 15.9 Å². The molecule has 0 radical (unpaired) electrons. The number of benzene rings is 2. The molecule has 5 N–H and O–H groups in total. The number of phenolic OH excluding ortho intramolecular Hbond substituents is 1. The number of H-pyrrole nitrogens is 1. The van der Waals surface area contributed by atoms with Gasteiger partial charge in [-0.3, -0.25) is 10.2 Å². The lowest BCUT2D eigenvalue weighted by atomic mass is 10.2. The van der Waals surface area contributed by atoms with Gasteiger partial charge in [0, 0.05) is 10.0 Å². The topological polar surface area (TPSA) is 104 Å². The Hall–Kier alpha value is -2.38. The van der Waals surface area contributed by atoms with Crippen molar-refractivity contribution in [1.29, 1.82) is 0 Å². The van der Waals surface area contributed by atoms with E-state index in [1.807, 2.05) is 0 Å². The van der Waals surface area contributed by atoms with Crippen LogP contribution in [0.1, 0.15) is 10.4 Å². The van der Waals surface area contributed by atoms with Gasteiger partial charge in [-0.05, 0) is 36.4 Å². The van der Waals surface area contributed by atoms with Crippen LogP contribution in [0, 0.1) is 0 Å². The number of aromatic amines is 1. The fourth-order valence-corrected chi connectivity index (χ4v) is 2.42. The molecule has 1 aromatic heterocycles. The molecule has 0 unspecified atom stereocenters. The van der Waals surface area contributed by atoms with Crippen molar-refractivity contribution in [3.8, 4) is 17.1 Å². The molecule has 0 aliphatic heterocycles. The van der Waals surface area contributed by atoms with E-state index in [0.29, 0.717) is 28.0 Å². The minimum atomic E-state index is -0.377. The Morgan fingerprint density at radius 3 is 2.86 bits per heavy atom. The van der Waals surface area contributed by atoms with Crippen molar-refractivity contribution in [2.45, 2.75) is 0 Å². The van der Waals surface area contributed by atoms with Gasteiger partial charge in [-0.15, -0.1) is 0 Å². The number of amides is 1. The summed E-state index contributed by atoms with van der Waals surface area (Å²) in [5, 5.41) is 9.93. The Balaban J connectivity index is 2.13. The van der Waals surface area contributed by atoms with E-state index in [4.69, 9.17) is 5.84 Å². The maximum atomic E-state index is 11.5. The number of nitrogens with zero attached hydrogens (tertiary/aromatic N) is 1. The van der Waals surface area contributed by atoms with Crippen molar-refractivity contribution >= 4 is 32.9 Å². The molecule has 0 aliphatic rings. The van der Waals surface area contributed by atoms with Gasteiger partial charge in [-0.25, -0.2) is 10.8 Å². The highest BCUT2D eigenvalue weighted by Crippen LogP contribution is 2.31. The molecule has 3 rings (SSSR count). The maximum absolute atomic E-state index is 11.5. The van der Waals surface area contributed by atoms with E-state index >= 15 is 0 Å². The number of imidazole rings is 1. The lowest BCUT2D eigenvalue weighted by Crippen LogP contribution is -2.29. The minimum Gasteiger partial charge on any atom is -0.507 e. The molecule has 0 spiro atoms. The number of hydrogen-bond acceptors (Lipinski definition) is 4. The summed E-state index contributed by atoms with van der Waals surface area (Å²) in [6.45, 7) is 0. The predicted molar refractivity (Wildman–Crippen MR) is 82.5 cm³/mol. The average Bonchev–Trinajstić information content (AvgIpc) is 2.91. The Morgan fingerprint density at radius 1 is 1.29 bits per heavy atom. The number of rotatable bonds is 2. The van der Waals surface area contributed by atoms with Gasteiger partial charge < -0.3 is 10.1 Å². The first-order valence-electron chi connectivity index (χ1n) is 6.08. The van der Waals surface area contributed by atoms with Crippen molar-refractivity contribution in [2.75, 3.05) is 0 Å². The van der Waals surface area contributed by atoms with Gasteiger partial charge in [0.25, 0.3) is 5.91 Å². The fourth-order valence-electron chi connectivity index (χ4n) is 2.06. The summed E-state index contributed by atoms with van der Waals surface area (Å²) in [6, 6.07) is 10.1. The van der Waals surface area contributed by atoms with Crippen LogP contribution in [0.3, 0.4) is 0 Å². The summed E-state index contributed by atoms with van der Waals surface area (Å²) in [7, 11) is 0. The molecule has 3 aromatic rings. The van der Waals surface area contributed by atoms with Crippen LogP contribution in [0.2, 0.25) is 0 Å². The van der Waals surface area contributed by atoms with Crippen LogP contribution in [0.5, 0.6) is 5.75 Å². The fraction of sp³-hybridized carbons (Fsp3) is 0. The van der Waals surface area contributed by atoms with Crippen molar-refractivity contribution in [1.82, 2.24) is 15.4 Å². The van der Waals surface area contributed by atoms with E-state index in [1.54, 1.807) is 36.4 Å². The highest BCUT2D eigenvalue weighted by Gasteiger charge is 2.12. The number of phenols is 1. The lowest BCUT2D eigenvalue weighted by Gasteiger charge is -2.01. The number of nitrogens with two attached hydrogens (primary N) is 1. The number of hydrogen-bond donors (Lipinski definition) is 4. The standard InChI is InChI=1S/C14H11BrN4O2/c15-8-2-4-12(20)9(6-8)13-17-10-3-1-7(14(21)19-16)5-11(10)18-13/h1-6,20H,16H2,(H,17,18)(H,19,21). The molecule has 0 saturated heterocycles. The smallest absolute Gasteiger partial charge is 0.265 e. The third-order valence-corrected chi connectivity index (χ3v) is 3.58. The van der Waals surface area contributed by atoms with Gasteiger partial charge in [0.15, 0.2) is 0 Å². The number of nitrogen functional groups attached to an aromatic ring is 1. The summed E-state index contributed by atoms with van der Waals surface area (Å²) in [6.07, 6.45) is 0. The molecule has 1 heterocycles. The molecular weight excluding hydrogens is 336 g/mol. The number of halogens is 1. The lowest BCUT2D eigenvalue weighted by molar-refractivity contribution is 0.0954. The Bertz CT molecular complexity index is 844. The molecule has 0 atom stereocenters. The van der Waals surface area contributed by atoms with Gasteiger partial charge in [0.05, 0.1) is 16.6 Å². The van der Waals surface area contributed by atoms with Crippen LogP contribution in [-0.2, 0) is 0 Å². The van der Waals surface area contributed by atoms with Crippen molar-refractivity contribution in [2.24, 2.45) is 5.84 Å². The normalized spacial score (nSPS) is 10.8. The number of carbonyl (C=O) groups excluding carboxylic acids is 1. The number of fused-ring (bicyclic) bond motifs is 1. The largest absolute Gasteiger partial charge is 0.507 e.